The quantitative estimate of drug-likeness (QED) is 0.551. The lowest BCUT2D eigenvalue weighted by atomic mass is 9.84. The van der Waals surface area contributed by atoms with E-state index in [0.717, 1.165) is 45.3 Å². The molecule has 1 aromatic heterocycles. The number of halogens is 1. The van der Waals surface area contributed by atoms with E-state index in [1.54, 1.807) is 18.5 Å². The number of benzene rings is 1. The lowest BCUT2D eigenvalue weighted by Crippen LogP contribution is -2.48. The van der Waals surface area contributed by atoms with E-state index < -0.39 is 0 Å². The molecule has 2 aromatic rings. The Balaban J connectivity index is 1.19. The predicted octanol–water partition coefficient (Wildman–Crippen LogP) is 4.60. The maximum Gasteiger partial charge on any atom is 0.410 e. The molecule has 0 unspecified atom stereocenters. The SMILES string of the molecule is CC(C)OC(=O)N1CCC([C@H](C)CCOc2cnc(N3CC[C@@H](c4ccccc4F)[C@H](N)C3)nc2)CC1. The van der Waals surface area contributed by atoms with Crippen LogP contribution in [-0.4, -0.2) is 65.9 Å². The molecule has 0 radical (unpaired) electrons. The van der Waals surface area contributed by atoms with E-state index in [-0.39, 0.29) is 30.0 Å². The van der Waals surface area contributed by atoms with E-state index in [4.69, 9.17) is 15.2 Å². The fraction of sp³-hybridized carbons (Fsp3) is 0.607. The predicted molar refractivity (Wildman–Crippen MR) is 141 cm³/mol. The molecule has 37 heavy (non-hydrogen) atoms. The van der Waals surface area contributed by atoms with Crippen molar-refractivity contribution in [3.05, 3.63) is 48.0 Å². The molecule has 9 heteroatoms. The van der Waals surface area contributed by atoms with Gasteiger partial charge in [-0.3, -0.25) is 0 Å². The van der Waals surface area contributed by atoms with Crippen molar-refractivity contribution >= 4 is 12.0 Å². The molecule has 1 aromatic carbocycles. The summed E-state index contributed by atoms with van der Waals surface area (Å²) in [6.45, 7) is 9.39. The van der Waals surface area contributed by atoms with Crippen LogP contribution in [0.5, 0.6) is 5.75 Å². The number of ether oxygens (including phenoxy) is 2. The van der Waals surface area contributed by atoms with Gasteiger partial charge in [-0.15, -0.1) is 0 Å². The summed E-state index contributed by atoms with van der Waals surface area (Å²) in [5, 5.41) is 0. The van der Waals surface area contributed by atoms with Crippen molar-refractivity contribution in [2.45, 2.75) is 64.5 Å². The molecule has 202 valence electrons. The number of anilines is 1. The zero-order chi connectivity index (χ0) is 26.4. The van der Waals surface area contributed by atoms with Gasteiger partial charge in [0, 0.05) is 38.1 Å². The number of hydrogen-bond acceptors (Lipinski definition) is 7. The lowest BCUT2D eigenvalue weighted by molar-refractivity contribution is 0.0597. The summed E-state index contributed by atoms with van der Waals surface area (Å²) in [6.07, 6.45) is 6.78. The van der Waals surface area contributed by atoms with Crippen molar-refractivity contribution in [2.24, 2.45) is 17.6 Å². The van der Waals surface area contributed by atoms with Gasteiger partial charge >= 0.3 is 6.09 Å². The Labute approximate surface area is 219 Å². The van der Waals surface area contributed by atoms with Crippen LogP contribution in [-0.2, 0) is 4.74 Å². The number of carbonyl (C=O) groups is 1. The number of aromatic nitrogens is 2. The second-order valence-corrected chi connectivity index (χ2v) is 10.6. The molecule has 2 saturated heterocycles. The van der Waals surface area contributed by atoms with E-state index in [1.165, 1.54) is 6.07 Å². The van der Waals surface area contributed by atoms with Gasteiger partial charge in [0.05, 0.1) is 25.1 Å². The highest BCUT2D eigenvalue weighted by Crippen LogP contribution is 2.31. The molecule has 2 fully saturated rings. The highest BCUT2D eigenvalue weighted by Gasteiger charge is 2.31. The number of nitrogens with two attached hydrogens (primary N) is 1. The van der Waals surface area contributed by atoms with Gasteiger partial charge in [-0.1, -0.05) is 25.1 Å². The first-order valence-corrected chi connectivity index (χ1v) is 13.5. The summed E-state index contributed by atoms with van der Waals surface area (Å²) in [7, 11) is 0. The maximum atomic E-state index is 14.2. The fourth-order valence-electron chi connectivity index (χ4n) is 5.40. The van der Waals surface area contributed by atoms with Crippen LogP contribution < -0.4 is 15.4 Å². The highest BCUT2D eigenvalue weighted by molar-refractivity contribution is 5.67. The van der Waals surface area contributed by atoms with Crippen LogP contribution in [0.25, 0.3) is 0 Å². The number of amides is 1. The number of nitrogens with zero attached hydrogens (tertiary/aromatic N) is 4. The van der Waals surface area contributed by atoms with Crippen LogP contribution in [0.2, 0.25) is 0 Å². The summed E-state index contributed by atoms with van der Waals surface area (Å²) in [4.78, 5) is 24.9. The van der Waals surface area contributed by atoms with Gasteiger partial charge in [-0.05, 0) is 63.0 Å². The van der Waals surface area contributed by atoms with Gasteiger partial charge in [-0.2, -0.15) is 0 Å². The van der Waals surface area contributed by atoms with Gasteiger partial charge in [0.1, 0.15) is 5.82 Å². The second kappa shape index (κ2) is 12.5. The monoisotopic (exact) mass is 513 g/mol. The van der Waals surface area contributed by atoms with Crippen LogP contribution in [0.1, 0.15) is 57.9 Å². The summed E-state index contributed by atoms with van der Waals surface area (Å²) in [5.41, 5.74) is 7.11. The standard InChI is InChI=1S/C28H40FN5O3/c1-19(2)37-28(35)33-12-8-21(9-13-33)20(3)11-15-36-22-16-31-27(32-17-22)34-14-10-24(26(30)18-34)23-6-4-5-7-25(23)29/h4-7,16-17,19-21,24,26H,8-15,18,30H2,1-3H3/t20-,24+,26-/m1/s1. The van der Waals surface area contributed by atoms with E-state index in [2.05, 4.69) is 21.8 Å². The third-order valence-electron chi connectivity index (χ3n) is 7.64. The zero-order valence-electron chi connectivity index (χ0n) is 22.2. The van der Waals surface area contributed by atoms with Crippen molar-refractivity contribution < 1.29 is 18.7 Å². The molecular formula is C28H40FN5O3. The van der Waals surface area contributed by atoms with Crippen LogP contribution in [0.15, 0.2) is 36.7 Å². The molecule has 8 nitrogen and oxygen atoms in total. The number of carbonyl (C=O) groups excluding carboxylic acids is 1. The van der Waals surface area contributed by atoms with Gasteiger partial charge in [0.25, 0.3) is 0 Å². The van der Waals surface area contributed by atoms with Crippen molar-refractivity contribution in [3.63, 3.8) is 0 Å². The summed E-state index contributed by atoms with van der Waals surface area (Å²) in [5.74, 6) is 2.13. The van der Waals surface area contributed by atoms with Crippen molar-refractivity contribution in [3.8, 4) is 5.75 Å². The molecule has 3 atom stereocenters. The van der Waals surface area contributed by atoms with E-state index in [9.17, 15) is 9.18 Å². The second-order valence-electron chi connectivity index (χ2n) is 10.6. The summed E-state index contributed by atoms with van der Waals surface area (Å²) in [6, 6.07) is 6.68. The Morgan fingerprint density at radius 3 is 2.46 bits per heavy atom. The first-order valence-electron chi connectivity index (χ1n) is 13.5. The number of piperidine rings is 2. The van der Waals surface area contributed by atoms with Crippen molar-refractivity contribution in [2.75, 3.05) is 37.7 Å². The Hall–Kier alpha value is -2.94. The van der Waals surface area contributed by atoms with Crippen LogP contribution in [0, 0.1) is 17.7 Å². The van der Waals surface area contributed by atoms with Gasteiger partial charge in [0.2, 0.25) is 5.95 Å². The molecule has 2 N–H and O–H groups in total. The van der Waals surface area contributed by atoms with E-state index >= 15 is 0 Å². The topological polar surface area (TPSA) is 93.8 Å². The molecule has 4 rings (SSSR count). The Morgan fingerprint density at radius 1 is 1.11 bits per heavy atom. The van der Waals surface area contributed by atoms with Crippen LogP contribution in [0.4, 0.5) is 15.1 Å². The number of hydrogen-bond donors (Lipinski definition) is 1. The maximum absolute atomic E-state index is 14.2. The number of rotatable bonds is 8. The average Bonchev–Trinajstić information content (AvgIpc) is 2.89. The molecule has 2 aliphatic rings. The van der Waals surface area contributed by atoms with Crippen LogP contribution >= 0.6 is 0 Å². The Bertz CT molecular complexity index is 1010. The Kier molecular flexibility index (Phi) is 9.18. The first kappa shape index (κ1) is 27.1. The molecule has 0 bridgehead atoms. The highest BCUT2D eigenvalue weighted by atomic mass is 19.1. The molecule has 3 heterocycles. The molecule has 2 aliphatic heterocycles. The van der Waals surface area contributed by atoms with E-state index in [0.29, 0.717) is 42.2 Å². The third kappa shape index (κ3) is 7.09. The fourth-order valence-corrected chi connectivity index (χ4v) is 5.40. The van der Waals surface area contributed by atoms with Gasteiger partial charge in [-0.25, -0.2) is 19.2 Å². The van der Waals surface area contributed by atoms with Gasteiger partial charge in [0.15, 0.2) is 5.75 Å². The smallest absolute Gasteiger partial charge is 0.410 e. The molecule has 1 amide bonds. The minimum Gasteiger partial charge on any atom is -0.490 e. The average molecular weight is 514 g/mol. The minimum atomic E-state index is -0.204. The van der Waals surface area contributed by atoms with Crippen LogP contribution in [0.3, 0.4) is 0 Å². The molecular weight excluding hydrogens is 473 g/mol. The summed E-state index contributed by atoms with van der Waals surface area (Å²) >= 11 is 0. The lowest BCUT2D eigenvalue weighted by Gasteiger charge is -2.37. The normalized spacial score (nSPS) is 21.7. The molecule has 0 spiro atoms. The van der Waals surface area contributed by atoms with Crippen molar-refractivity contribution in [1.82, 2.24) is 14.9 Å². The molecule has 0 aliphatic carbocycles. The minimum absolute atomic E-state index is 0.0110. The number of likely N-dealkylation sites (tertiary alicyclic amines) is 1. The first-order chi connectivity index (χ1) is 17.8. The van der Waals surface area contributed by atoms with E-state index in [1.807, 2.05) is 30.9 Å². The van der Waals surface area contributed by atoms with Gasteiger partial charge < -0.3 is 25.0 Å². The Morgan fingerprint density at radius 2 is 1.81 bits per heavy atom. The zero-order valence-corrected chi connectivity index (χ0v) is 22.2. The van der Waals surface area contributed by atoms with Crippen molar-refractivity contribution in [1.29, 1.82) is 0 Å². The largest absolute Gasteiger partial charge is 0.490 e. The summed E-state index contributed by atoms with van der Waals surface area (Å²) < 4.78 is 25.5. The third-order valence-corrected chi connectivity index (χ3v) is 7.64. The molecule has 0 saturated carbocycles.